The van der Waals surface area contributed by atoms with Crippen LogP contribution in [0, 0.1) is 17.7 Å². The maximum absolute atomic E-state index is 13.8. The molecular formula is C32H35F7N4O3. The van der Waals surface area contributed by atoms with Gasteiger partial charge in [-0.3, -0.25) is 14.5 Å². The topological polar surface area (TPSA) is 73.0 Å². The van der Waals surface area contributed by atoms with Gasteiger partial charge in [-0.15, -0.1) is 0 Å². The summed E-state index contributed by atoms with van der Waals surface area (Å²) in [5.41, 5.74) is -3.10. The Morgan fingerprint density at radius 3 is 1.85 bits per heavy atom. The van der Waals surface area contributed by atoms with E-state index in [1.807, 2.05) is 0 Å². The van der Waals surface area contributed by atoms with E-state index in [2.05, 4.69) is 5.32 Å². The van der Waals surface area contributed by atoms with E-state index in [1.165, 1.54) is 36.2 Å². The Balaban J connectivity index is 1.35. The molecule has 1 saturated heterocycles. The SMILES string of the molecule is CN(C(=O)N(C)[C@@H]1CN(C(=O)C2CCC(C(=O)NC3CC3)CC2)C[C@H]1c1ccc(F)cc1)c1cc(C(F)(F)F)cc(C(F)(F)F)c1. The minimum Gasteiger partial charge on any atom is -0.353 e. The summed E-state index contributed by atoms with van der Waals surface area (Å²) in [6, 6.07) is 5.09. The van der Waals surface area contributed by atoms with Gasteiger partial charge in [-0.2, -0.15) is 26.3 Å². The highest BCUT2D eigenvalue weighted by molar-refractivity contribution is 5.92. The van der Waals surface area contributed by atoms with Gasteiger partial charge >= 0.3 is 18.4 Å². The van der Waals surface area contributed by atoms with Gasteiger partial charge in [0, 0.05) is 56.7 Å². The maximum Gasteiger partial charge on any atom is 0.416 e. The van der Waals surface area contributed by atoms with Gasteiger partial charge < -0.3 is 15.1 Å². The Morgan fingerprint density at radius 2 is 1.33 bits per heavy atom. The number of carbonyl (C=O) groups is 3. The molecule has 5 rings (SSSR count). The van der Waals surface area contributed by atoms with E-state index in [-0.39, 0.29) is 48.8 Å². The third-order valence-corrected chi connectivity index (χ3v) is 9.32. The summed E-state index contributed by atoms with van der Waals surface area (Å²) in [6.45, 7) is 0.218. The summed E-state index contributed by atoms with van der Waals surface area (Å²) < 4.78 is 94.7. The van der Waals surface area contributed by atoms with Crippen LogP contribution in [0.4, 0.5) is 41.2 Å². The van der Waals surface area contributed by atoms with Gasteiger partial charge in [0.2, 0.25) is 11.8 Å². The molecule has 7 nitrogen and oxygen atoms in total. The Morgan fingerprint density at radius 1 is 0.783 bits per heavy atom. The Labute approximate surface area is 261 Å². The first kappa shape index (κ1) is 33.5. The van der Waals surface area contributed by atoms with Crippen LogP contribution >= 0.6 is 0 Å². The molecule has 3 fully saturated rings. The summed E-state index contributed by atoms with van der Waals surface area (Å²) in [5.74, 6) is -1.65. The van der Waals surface area contributed by atoms with E-state index < -0.39 is 53.0 Å². The van der Waals surface area contributed by atoms with Crippen molar-refractivity contribution in [3.8, 4) is 0 Å². The molecule has 0 spiro atoms. The summed E-state index contributed by atoms with van der Waals surface area (Å²) in [7, 11) is 2.45. The van der Waals surface area contributed by atoms with Crippen molar-refractivity contribution < 1.29 is 45.1 Å². The number of hydrogen-bond donors (Lipinski definition) is 1. The van der Waals surface area contributed by atoms with Crippen molar-refractivity contribution in [1.82, 2.24) is 15.1 Å². The zero-order chi connectivity index (χ0) is 33.6. The van der Waals surface area contributed by atoms with Crippen LogP contribution in [0.25, 0.3) is 0 Å². The lowest BCUT2D eigenvalue weighted by Crippen LogP contribution is -2.48. The predicted octanol–water partition coefficient (Wildman–Crippen LogP) is 6.43. The number of likely N-dealkylation sites (tertiary alicyclic amines) is 1. The normalized spacial score (nSPS) is 23.6. The van der Waals surface area contributed by atoms with E-state index in [9.17, 15) is 45.1 Å². The molecule has 2 atom stereocenters. The van der Waals surface area contributed by atoms with Gasteiger partial charge in [0.25, 0.3) is 0 Å². The smallest absolute Gasteiger partial charge is 0.353 e. The van der Waals surface area contributed by atoms with Gasteiger partial charge in [0.1, 0.15) is 5.82 Å². The predicted molar refractivity (Wildman–Crippen MR) is 154 cm³/mol. The number of urea groups is 1. The Kier molecular flexibility index (Phi) is 9.29. The average Bonchev–Trinajstić information content (AvgIpc) is 3.72. The molecule has 2 saturated carbocycles. The number of nitrogens with zero attached hydrogens (tertiary/aromatic N) is 3. The van der Waals surface area contributed by atoms with E-state index in [0.29, 0.717) is 48.3 Å². The molecule has 0 bridgehead atoms. The standard InChI is InChI=1S/C32H35F7N4O3/c1-41(25-14-21(31(34,35)36)13-22(15-25)32(37,38)39)30(46)42(2)27-17-43(16-26(27)18-7-9-23(33)10-8-18)29(45)20-5-3-19(4-6-20)28(44)40-24-11-12-24/h7-10,13-15,19-20,24,26-27H,3-6,11-12,16-17H2,1-2H3,(H,40,44)/t19?,20?,26-,27+/m0/s1. The highest BCUT2D eigenvalue weighted by Crippen LogP contribution is 2.40. The molecule has 1 heterocycles. The van der Waals surface area contributed by atoms with Crippen molar-refractivity contribution in [2.75, 3.05) is 32.1 Å². The van der Waals surface area contributed by atoms with Crippen molar-refractivity contribution in [3.05, 3.63) is 65.0 Å². The fraction of sp³-hybridized carbons (Fsp3) is 0.531. The number of carbonyl (C=O) groups excluding carboxylic acids is 3. The molecule has 1 N–H and O–H groups in total. The van der Waals surface area contributed by atoms with Gasteiger partial charge in [-0.25, -0.2) is 9.18 Å². The Bertz CT molecular complexity index is 1420. The van der Waals surface area contributed by atoms with Gasteiger partial charge in [0.05, 0.1) is 17.2 Å². The molecule has 2 aromatic carbocycles. The second-order valence-corrected chi connectivity index (χ2v) is 12.5. The summed E-state index contributed by atoms with van der Waals surface area (Å²) >= 11 is 0. The van der Waals surface area contributed by atoms with Crippen LogP contribution in [-0.4, -0.2) is 66.9 Å². The molecule has 4 amide bonds. The first-order chi connectivity index (χ1) is 21.5. The molecular weight excluding hydrogens is 621 g/mol. The number of likely N-dealkylation sites (N-methyl/N-ethyl adjacent to an activating group) is 1. The molecule has 0 unspecified atom stereocenters. The minimum atomic E-state index is -5.09. The molecule has 2 aliphatic carbocycles. The van der Waals surface area contributed by atoms with Crippen LogP contribution in [-0.2, 0) is 21.9 Å². The molecule has 46 heavy (non-hydrogen) atoms. The molecule has 250 valence electrons. The fourth-order valence-electron chi connectivity index (χ4n) is 6.43. The number of nitrogens with one attached hydrogen (secondary N) is 1. The lowest BCUT2D eigenvalue weighted by molar-refractivity contribution is -0.143. The van der Waals surface area contributed by atoms with Crippen LogP contribution in [0.15, 0.2) is 42.5 Å². The van der Waals surface area contributed by atoms with Crippen LogP contribution in [0.1, 0.15) is 61.1 Å². The van der Waals surface area contributed by atoms with Crippen molar-refractivity contribution in [1.29, 1.82) is 0 Å². The molecule has 2 aromatic rings. The second kappa shape index (κ2) is 12.7. The summed E-state index contributed by atoms with van der Waals surface area (Å²) in [4.78, 5) is 43.3. The first-order valence-corrected chi connectivity index (χ1v) is 15.2. The van der Waals surface area contributed by atoms with E-state index >= 15 is 0 Å². The highest BCUT2D eigenvalue weighted by atomic mass is 19.4. The van der Waals surface area contributed by atoms with E-state index in [1.54, 1.807) is 4.90 Å². The molecule has 0 aromatic heterocycles. The van der Waals surface area contributed by atoms with Crippen LogP contribution < -0.4 is 10.2 Å². The lowest BCUT2D eigenvalue weighted by atomic mass is 9.81. The zero-order valence-corrected chi connectivity index (χ0v) is 25.3. The molecule has 3 aliphatic rings. The van der Waals surface area contributed by atoms with Crippen LogP contribution in [0.5, 0.6) is 0 Å². The summed E-state index contributed by atoms with van der Waals surface area (Å²) in [6.07, 6.45) is -6.07. The summed E-state index contributed by atoms with van der Waals surface area (Å²) in [5, 5.41) is 3.01. The van der Waals surface area contributed by atoms with E-state index in [0.717, 1.165) is 19.9 Å². The quantitative estimate of drug-likeness (QED) is 0.365. The second-order valence-electron chi connectivity index (χ2n) is 12.5. The molecule has 14 heteroatoms. The van der Waals surface area contributed by atoms with Crippen molar-refractivity contribution in [3.63, 3.8) is 0 Å². The monoisotopic (exact) mass is 656 g/mol. The lowest BCUT2D eigenvalue weighted by Gasteiger charge is -2.33. The third-order valence-electron chi connectivity index (χ3n) is 9.32. The first-order valence-electron chi connectivity index (χ1n) is 15.2. The highest BCUT2D eigenvalue weighted by Gasteiger charge is 2.44. The van der Waals surface area contributed by atoms with Gasteiger partial charge in [-0.1, -0.05) is 12.1 Å². The fourth-order valence-corrected chi connectivity index (χ4v) is 6.43. The number of amides is 4. The number of benzene rings is 2. The average molecular weight is 657 g/mol. The van der Waals surface area contributed by atoms with Gasteiger partial charge in [-0.05, 0) is 74.4 Å². The van der Waals surface area contributed by atoms with E-state index in [4.69, 9.17) is 0 Å². The number of hydrogen-bond acceptors (Lipinski definition) is 3. The zero-order valence-electron chi connectivity index (χ0n) is 25.3. The van der Waals surface area contributed by atoms with Crippen molar-refractivity contribution >= 4 is 23.5 Å². The third kappa shape index (κ3) is 7.41. The molecule has 1 aliphatic heterocycles. The number of halogens is 7. The Hall–Kier alpha value is -3.84. The largest absolute Gasteiger partial charge is 0.416 e. The van der Waals surface area contributed by atoms with Crippen molar-refractivity contribution in [2.24, 2.45) is 11.8 Å². The number of alkyl halides is 6. The molecule has 0 radical (unpaired) electrons. The number of anilines is 1. The van der Waals surface area contributed by atoms with Gasteiger partial charge in [0.15, 0.2) is 0 Å². The maximum atomic E-state index is 13.8. The number of rotatable bonds is 6. The van der Waals surface area contributed by atoms with Crippen molar-refractivity contribution in [2.45, 2.75) is 68.9 Å². The minimum absolute atomic E-state index is 0.0104. The van der Waals surface area contributed by atoms with Crippen LogP contribution in [0.3, 0.4) is 0 Å². The van der Waals surface area contributed by atoms with Crippen LogP contribution in [0.2, 0.25) is 0 Å².